The highest BCUT2D eigenvalue weighted by molar-refractivity contribution is 5.91. The Labute approximate surface area is 218 Å². The van der Waals surface area contributed by atoms with Crippen molar-refractivity contribution in [1.82, 2.24) is 19.4 Å². The van der Waals surface area contributed by atoms with Crippen LogP contribution in [0.3, 0.4) is 0 Å². The predicted octanol–water partition coefficient (Wildman–Crippen LogP) is 5.52. The number of carbonyl (C=O) groups is 1. The standard InChI is InChI=1S/C27H30F3N5O3/c1-14(17-8-7-9-18(21(17)28)23(29)30)31-24-19-12-20(34(6)25(36)22(19)32-15(2)33-24)16-10-11-35(13-16)26(37)38-27(3,4)5/h7-10,12,14,23H,11,13H2,1-6H3,(H,31,32,33)/t14-/m1/s1. The first-order valence-electron chi connectivity index (χ1n) is 12.2. The number of ether oxygens (including phenoxy) is 1. The van der Waals surface area contributed by atoms with Gasteiger partial charge in [-0.3, -0.25) is 4.79 Å². The lowest BCUT2D eigenvalue weighted by Crippen LogP contribution is -2.35. The lowest BCUT2D eigenvalue weighted by Gasteiger charge is -2.24. The Morgan fingerprint density at radius 3 is 2.53 bits per heavy atom. The molecular weight excluding hydrogens is 499 g/mol. The van der Waals surface area contributed by atoms with Crippen LogP contribution >= 0.6 is 0 Å². The monoisotopic (exact) mass is 529 g/mol. The van der Waals surface area contributed by atoms with E-state index >= 15 is 0 Å². The fourth-order valence-electron chi connectivity index (χ4n) is 4.36. The number of halogens is 3. The maximum Gasteiger partial charge on any atom is 0.410 e. The van der Waals surface area contributed by atoms with Crippen molar-refractivity contribution < 1.29 is 22.7 Å². The molecule has 4 rings (SSSR count). The van der Waals surface area contributed by atoms with E-state index < -0.39 is 35.5 Å². The Balaban J connectivity index is 1.72. The van der Waals surface area contributed by atoms with E-state index in [-0.39, 0.29) is 29.0 Å². The number of carbonyl (C=O) groups excluding carboxylic acids is 1. The second-order valence-electron chi connectivity index (χ2n) is 10.3. The summed E-state index contributed by atoms with van der Waals surface area (Å²) in [4.78, 5) is 36.1. The Morgan fingerprint density at radius 2 is 1.87 bits per heavy atom. The van der Waals surface area contributed by atoms with E-state index in [1.165, 1.54) is 21.6 Å². The fraction of sp³-hybridized carbons (Fsp3) is 0.407. The molecule has 0 saturated heterocycles. The third-order valence-electron chi connectivity index (χ3n) is 6.22. The van der Waals surface area contributed by atoms with Gasteiger partial charge in [0, 0.05) is 24.8 Å². The molecule has 38 heavy (non-hydrogen) atoms. The second-order valence-corrected chi connectivity index (χ2v) is 10.3. The summed E-state index contributed by atoms with van der Waals surface area (Å²) in [7, 11) is 1.62. The minimum atomic E-state index is -2.95. The van der Waals surface area contributed by atoms with Crippen LogP contribution in [0.15, 0.2) is 35.1 Å². The quantitative estimate of drug-likeness (QED) is 0.468. The molecule has 1 N–H and O–H groups in total. The highest BCUT2D eigenvalue weighted by Gasteiger charge is 2.28. The number of anilines is 1. The van der Waals surface area contributed by atoms with Gasteiger partial charge in [0.15, 0.2) is 0 Å². The van der Waals surface area contributed by atoms with Crippen molar-refractivity contribution in [2.75, 3.05) is 18.4 Å². The second kappa shape index (κ2) is 10.1. The van der Waals surface area contributed by atoms with Gasteiger partial charge in [-0.15, -0.1) is 0 Å². The molecule has 8 nitrogen and oxygen atoms in total. The summed E-state index contributed by atoms with van der Waals surface area (Å²) in [6, 6.07) is 4.84. The Hall–Kier alpha value is -3.89. The first-order valence-corrected chi connectivity index (χ1v) is 12.2. The summed E-state index contributed by atoms with van der Waals surface area (Å²) >= 11 is 0. The molecule has 2 aromatic heterocycles. The number of aryl methyl sites for hydroxylation is 1. The number of nitrogens with zero attached hydrogens (tertiary/aromatic N) is 4. The van der Waals surface area contributed by atoms with Gasteiger partial charge >= 0.3 is 6.09 Å². The van der Waals surface area contributed by atoms with Gasteiger partial charge in [-0.1, -0.05) is 24.3 Å². The number of benzene rings is 1. The molecule has 1 amide bonds. The normalized spacial score (nSPS) is 14.7. The van der Waals surface area contributed by atoms with Crippen LogP contribution in [0.2, 0.25) is 0 Å². The Bertz CT molecular complexity index is 1490. The number of aromatic nitrogens is 3. The van der Waals surface area contributed by atoms with Crippen molar-refractivity contribution in [2.45, 2.75) is 52.7 Å². The maximum absolute atomic E-state index is 14.8. The zero-order chi connectivity index (χ0) is 27.9. The molecule has 0 aliphatic carbocycles. The van der Waals surface area contributed by atoms with Crippen LogP contribution in [0.5, 0.6) is 0 Å². The number of pyridine rings is 1. The van der Waals surface area contributed by atoms with Gasteiger partial charge in [0.2, 0.25) is 0 Å². The average Bonchev–Trinajstić information content (AvgIpc) is 3.31. The lowest BCUT2D eigenvalue weighted by molar-refractivity contribution is 0.0306. The summed E-state index contributed by atoms with van der Waals surface area (Å²) in [6.45, 7) is 9.17. The van der Waals surface area contributed by atoms with Crippen LogP contribution in [-0.4, -0.2) is 44.2 Å². The number of fused-ring (bicyclic) bond motifs is 1. The molecule has 1 aliphatic rings. The van der Waals surface area contributed by atoms with Gasteiger partial charge in [-0.05, 0) is 46.3 Å². The highest BCUT2D eigenvalue weighted by atomic mass is 19.3. The molecule has 3 heterocycles. The molecule has 0 fully saturated rings. The molecule has 1 aromatic carbocycles. The number of alkyl halides is 2. The molecule has 1 atom stereocenters. The van der Waals surface area contributed by atoms with Crippen LogP contribution < -0.4 is 10.9 Å². The van der Waals surface area contributed by atoms with Crippen LogP contribution in [0, 0.1) is 12.7 Å². The van der Waals surface area contributed by atoms with E-state index in [1.54, 1.807) is 47.7 Å². The number of amides is 1. The van der Waals surface area contributed by atoms with E-state index in [0.29, 0.717) is 23.4 Å². The van der Waals surface area contributed by atoms with Crippen LogP contribution in [0.25, 0.3) is 16.5 Å². The van der Waals surface area contributed by atoms with Gasteiger partial charge in [-0.25, -0.2) is 27.9 Å². The molecule has 3 aromatic rings. The molecule has 202 valence electrons. The van der Waals surface area contributed by atoms with Gasteiger partial charge < -0.3 is 19.5 Å². The SMILES string of the molecule is Cc1nc(N[C@H](C)c2cccc(C(F)F)c2F)c2cc(C3=CCN(C(=O)OC(C)(C)C)C3)n(C)c(=O)c2n1. The maximum atomic E-state index is 14.8. The largest absolute Gasteiger partial charge is 0.444 e. The minimum absolute atomic E-state index is 0.0442. The summed E-state index contributed by atoms with van der Waals surface area (Å²) in [5.74, 6) is -0.411. The van der Waals surface area contributed by atoms with E-state index in [9.17, 15) is 22.8 Å². The summed E-state index contributed by atoms with van der Waals surface area (Å²) in [6.07, 6.45) is -1.56. The molecule has 0 radical (unpaired) electrons. The van der Waals surface area contributed by atoms with Gasteiger partial charge in [0.1, 0.15) is 28.6 Å². The van der Waals surface area contributed by atoms with Crippen LogP contribution in [0.1, 0.15) is 62.8 Å². The van der Waals surface area contributed by atoms with Crippen molar-refractivity contribution in [3.63, 3.8) is 0 Å². The lowest BCUT2D eigenvalue weighted by atomic mass is 10.0. The van der Waals surface area contributed by atoms with E-state index in [2.05, 4.69) is 15.3 Å². The zero-order valence-corrected chi connectivity index (χ0v) is 22.1. The molecular formula is C27H30F3N5O3. The van der Waals surface area contributed by atoms with Crippen LogP contribution in [-0.2, 0) is 11.8 Å². The van der Waals surface area contributed by atoms with Gasteiger partial charge in [-0.2, -0.15) is 0 Å². The number of rotatable bonds is 5. The molecule has 11 heteroatoms. The van der Waals surface area contributed by atoms with Crippen molar-refractivity contribution in [2.24, 2.45) is 7.05 Å². The predicted molar refractivity (Wildman–Crippen MR) is 139 cm³/mol. The average molecular weight is 530 g/mol. The summed E-state index contributed by atoms with van der Waals surface area (Å²) in [5, 5.41) is 3.47. The van der Waals surface area contributed by atoms with Crippen molar-refractivity contribution in [1.29, 1.82) is 0 Å². The topological polar surface area (TPSA) is 89.4 Å². The van der Waals surface area contributed by atoms with E-state index in [1.807, 2.05) is 6.08 Å². The van der Waals surface area contributed by atoms with Gasteiger partial charge in [0.05, 0.1) is 23.5 Å². The smallest absolute Gasteiger partial charge is 0.410 e. The first-order chi connectivity index (χ1) is 17.8. The van der Waals surface area contributed by atoms with Crippen molar-refractivity contribution >= 4 is 28.4 Å². The first kappa shape index (κ1) is 27.2. The Kier molecular flexibility index (Phi) is 7.22. The number of hydrogen-bond acceptors (Lipinski definition) is 6. The van der Waals surface area contributed by atoms with Crippen molar-refractivity contribution in [3.8, 4) is 0 Å². The minimum Gasteiger partial charge on any atom is -0.444 e. The Morgan fingerprint density at radius 1 is 1.18 bits per heavy atom. The molecule has 0 bridgehead atoms. The third kappa shape index (κ3) is 5.36. The number of nitrogens with one attached hydrogen (secondary N) is 1. The fourth-order valence-corrected chi connectivity index (χ4v) is 4.36. The number of hydrogen-bond donors (Lipinski definition) is 1. The van der Waals surface area contributed by atoms with E-state index in [0.717, 1.165) is 11.6 Å². The molecule has 0 spiro atoms. The molecule has 0 saturated carbocycles. The molecule has 0 unspecified atom stereocenters. The summed E-state index contributed by atoms with van der Waals surface area (Å²) < 4.78 is 48.2. The van der Waals surface area contributed by atoms with Crippen molar-refractivity contribution in [3.05, 3.63) is 69.2 Å². The zero-order valence-electron chi connectivity index (χ0n) is 22.1. The molecule has 1 aliphatic heterocycles. The highest BCUT2D eigenvalue weighted by Crippen LogP contribution is 2.31. The third-order valence-corrected chi connectivity index (χ3v) is 6.22. The van der Waals surface area contributed by atoms with Crippen LogP contribution in [0.4, 0.5) is 23.8 Å². The van der Waals surface area contributed by atoms with Gasteiger partial charge in [0.25, 0.3) is 12.0 Å². The van der Waals surface area contributed by atoms with E-state index in [4.69, 9.17) is 4.74 Å². The summed E-state index contributed by atoms with van der Waals surface area (Å²) in [5.41, 5.74) is -0.197.